The third kappa shape index (κ3) is 5.02. The Balaban J connectivity index is 1.70. The number of thioether (sulfide) groups is 1. The van der Waals surface area contributed by atoms with E-state index in [-0.39, 0.29) is 17.4 Å². The molecule has 0 saturated carbocycles. The highest BCUT2D eigenvalue weighted by Gasteiger charge is 2.40. The van der Waals surface area contributed by atoms with Gasteiger partial charge in [0.05, 0.1) is 11.4 Å². The van der Waals surface area contributed by atoms with Crippen molar-refractivity contribution in [1.82, 2.24) is 0 Å². The van der Waals surface area contributed by atoms with Gasteiger partial charge in [0.2, 0.25) is 0 Å². The van der Waals surface area contributed by atoms with E-state index in [0.29, 0.717) is 16.3 Å². The maximum Gasteiger partial charge on any atom is 0.283 e. The SMILES string of the molecule is CCCCc1ccc(N2C(=O)C(Nc3cc(C)ccc3O)=C(Sc3ccc(C)cc3)C2=O)cc1. The van der Waals surface area contributed by atoms with Gasteiger partial charge in [-0.1, -0.05) is 61.0 Å². The lowest BCUT2D eigenvalue weighted by molar-refractivity contribution is -0.120. The van der Waals surface area contributed by atoms with Crippen LogP contribution in [0.15, 0.2) is 82.2 Å². The number of nitrogens with one attached hydrogen (secondary N) is 1. The van der Waals surface area contributed by atoms with Crippen molar-refractivity contribution in [3.8, 4) is 5.75 Å². The van der Waals surface area contributed by atoms with Crippen LogP contribution in [0, 0.1) is 13.8 Å². The predicted molar refractivity (Wildman–Crippen MR) is 138 cm³/mol. The maximum absolute atomic E-state index is 13.5. The second-order valence-electron chi connectivity index (χ2n) is 8.48. The third-order valence-corrected chi connectivity index (χ3v) is 6.80. The molecule has 3 aromatic carbocycles. The Hall–Kier alpha value is -3.51. The second kappa shape index (κ2) is 10.2. The van der Waals surface area contributed by atoms with E-state index in [1.807, 2.05) is 62.4 Å². The van der Waals surface area contributed by atoms with E-state index in [1.165, 1.54) is 22.2 Å². The van der Waals surface area contributed by atoms with E-state index in [2.05, 4.69) is 12.2 Å². The summed E-state index contributed by atoms with van der Waals surface area (Å²) in [4.78, 5) is 29.4. The lowest BCUT2D eigenvalue weighted by Crippen LogP contribution is -2.32. The molecule has 0 aliphatic carbocycles. The molecule has 1 heterocycles. The molecule has 5 nitrogen and oxygen atoms in total. The maximum atomic E-state index is 13.5. The first kappa shape index (κ1) is 23.6. The van der Waals surface area contributed by atoms with Crippen molar-refractivity contribution in [2.75, 3.05) is 10.2 Å². The van der Waals surface area contributed by atoms with Gasteiger partial charge in [-0.3, -0.25) is 9.59 Å². The summed E-state index contributed by atoms with van der Waals surface area (Å²) < 4.78 is 0. The highest BCUT2D eigenvalue weighted by atomic mass is 32.2. The number of imide groups is 1. The summed E-state index contributed by atoms with van der Waals surface area (Å²) >= 11 is 1.25. The number of carbonyl (C=O) groups excluding carboxylic acids is 2. The molecule has 0 radical (unpaired) electrons. The predicted octanol–water partition coefficient (Wildman–Crippen LogP) is 6.34. The van der Waals surface area contributed by atoms with Gasteiger partial charge in [0, 0.05) is 4.90 Å². The molecule has 4 rings (SSSR count). The normalized spacial score (nSPS) is 13.7. The van der Waals surface area contributed by atoms with Crippen LogP contribution in [0.25, 0.3) is 0 Å². The number of aryl methyl sites for hydroxylation is 3. The van der Waals surface area contributed by atoms with Crippen molar-refractivity contribution >= 4 is 35.0 Å². The van der Waals surface area contributed by atoms with Crippen molar-refractivity contribution in [2.45, 2.75) is 44.9 Å². The standard InChI is InChI=1S/C28H28N2O3S/c1-4-5-6-20-10-12-21(13-11-20)30-27(32)25(29-23-17-19(3)9-16-24(23)31)26(28(30)33)34-22-14-7-18(2)8-15-22/h7-17,29,31H,4-6H2,1-3H3. The highest BCUT2D eigenvalue weighted by Crippen LogP contribution is 2.39. The highest BCUT2D eigenvalue weighted by molar-refractivity contribution is 8.04. The van der Waals surface area contributed by atoms with E-state index >= 15 is 0 Å². The van der Waals surface area contributed by atoms with E-state index in [9.17, 15) is 14.7 Å². The van der Waals surface area contributed by atoms with Gasteiger partial charge in [0.25, 0.3) is 11.8 Å². The lowest BCUT2D eigenvalue weighted by Gasteiger charge is -2.16. The molecule has 2 amide bonds. The first-order chi connectivity index (χ1) is 16.4. The fraction of sp³-hybridized carbons (Fsp3) is 0.214. The fourth-order valence-corrected chi connectivity index (χ4v) is 4.68. The van der Waals surface area contributed by atoms with E-state index in [0.717, 1.165) is 35.3 Å². The average molecular weight is 473 g/mol. The number of phenolic OH excluding ortho intramolecular Hbond substituents is 1. The molecule has 3 aromatic rings. The first-order valence-corrected chi connectivity index (χ1v) is 12.2. The van der Waals surface area contributed by atoms with Crippen molar-refractivity contribution in [3.63, 3.8) is 0 Å². The molecule has 0 fully saturated rings. The van der Waals surface area contributed by atoms with E-state index < -0.39 is 5.91 Å². The van der Waals surface area contributed by atoms with Gasteiger partial charge in [-0.25, -0.2) is 4.90 Å². The number of aromatic hydroxyl groups is 1. The number of hydrogen-bond acceptors (Lipinski definition) is 5. The Morgan fingerprint density at radius 1 is 0.882 bits per heavy atom. The van der Waals surface area contributed by atoms with Crippen LogP contribution in [0.1, 0.15) is 36.5 Å². The zero-order valence-corrected chi connectivity index (χ0v) is 20.4. The van der Waals surface area contributed by atoms with Crippen LogP contribution in [0.4, 0.5) is 11.4 Å². The van der Waals surface area contributed by atoms with Gasteiger partial charge in [0.15, 0.2) is 0 Å². The minimum absolute atomic E-state index is 0.0109. The number of amides is 2. The summed E-state index contributed by atoms with van der Waals surface area (Å²) in [5.41, 5.74) is 4.28. The molecule has 174 valence electrons. The van der Waals surface area contributed by atoms with Gasteiger partial charge in [-0.15, -0.1) is 0 Å². The van der Waals surface area contributed by atoms with E-state index in [4.69, 9.17) is 0 Å². The Labute approximate surface area is 204 Å². The van der Waals surface area contributed by atoms with Crippen LogP contribution in [-0.4, -0.2) is 16.9 Å². The molecule has 1 aliphatic rings. The van der Waals surface area contributed by atoms with Crippen LogP contribution >= 0.6 is 11.8 Å². The van der Waals surface area contributed by atoms with Crippen molar-refractivity contribution in [2.24, 2.45) is 0 Å². The minimum Gasteiger partial charge on any atom is -0.506 e. The molecule has 0 aromatic heterocycles. The quantitative estimate of drug-likeness (QED) is 0.296. The van der Waals surface area contributed by atoms with Crippen LogP contribution in [0.3, 0.4) is 0 Å². The summed E-state index contributed by atoms with van der Waals surface area (Å²) in [5, 5.41) is 13.4. The van der Waals surface area contributed by atoms with Crippen molar-refractivity contribution < 1.29 is 14.7 Å². The molecule has 6 heteroatoms. The van der Waals surface area contributed by atoms with Gasteiger partial charge in [-0.2, -0.15) is 0 Å². The lowest BCUT2D eigenvalue weighted by atomic mass is 10.1. The molecule has 2 N–H and O–H groups in total. The number of unbranched alkanes of at least 4 members (excludes halogenated alkanes) is 1. The molecule has 34 heavy (non-hydrogen) atoms. The molecule has 1 aliphatic heterocycles. The zero-order chi connectivity index (χ0) is 24.2. The Morgan fingerprint density at radius 3 is 2.24 bits per heavy atom. The van der Waals surface area contributed by atoms with Crippen LogP contribution in [0.5, 0.6) is 5.75 Å². The summed E-state index contributed by atoms with van der Waals surface area (Å²) in [6, 6.07) is 20.5. The smallest absolute Gasteiger partial charge is 0.283 e. The van der Waals surface area contributed by atoms with Gasteiger partial charge in [0.1, 0.15) is 16.4 Å². The molecule has 0 bridgehead atoms. The molecular formula is C28H28N2O3S. The Morgan fingerprint density at radius 2 is 1.56 bits per heavy atom. The number of phenols is 1. The summed E-state index contributed by atoms with van der Waals surface area (Å²) in [7, 11) is 0. The van der Waals surface area contributed by atoms with Crippen LogP contribution in [0.2, 0.25) is 0 Å². The molecule has 0 unspecified atom stereocenters. The summed E-state index contributed by atoms with van der Waals surface area (Å²) in [6.07, 6.45) is 3.16. The van der Waals surface area contributed by atoms with Gasteiger partial charge >= 0.3 is 0 Å². The Kier molecular flexibility index (Phi) is 7.08. The van der Waals surface area contributed by atoms with Crippen LogP contribution < -0.4 is 10.2 Å². The van der Waals surface area contributed by atoms with Crippen molar-refractivity contribution in [1.29, 1.82) is 0 Å². The molecule has 0 saturated heterocycles. The number of hydrogen-bond donors (Lipinski definition) is 2. The van der Waals surface area contributed by atoms with Crippen molar-refractivity contribution in [3.05, 3.63) is 94.0 Å². The number of carbonyl (C=O) groups is 2. The molecule has 0 atom stereocenters. The minimum atomic E-state index is -0.443. The number of rotatable bonds is 8. The Bertz CT molecular complexity index is 1250. The number of anilines is 2. The fourth-order valence-electron chi connectivity index (χ4n) is 3.75. The summed E-state index contributed by atoms with van der Waals surface area (Å²) in [6.45, 7) is 6.04. The average Bonchev–Trinajstić information content (AvgIpc) is 3.05. The second-order valence-corrected chi connectivity index (χ2v) is 9.56. The monoisotopic (exact) mass is 472 g/mol. The van der Waals surface area contributed by atoms with Gasteiger partial charge in [-0.05, 0) is 74.2 Å². The summed E-state index contributed by atoms with van der Waals surface area (Å²) in [5.74, 6) is -0.815. The molecule has 0 spiro atoms. The molecular weight excluding hydrogens is 444 g/mol. The first-order valence-electron chi connectivity index (χ1n) is 11.4. The number of benzene rings is 3. The van der Waals surface area contributed by atoms with Crippen LogP contribution in [-0.2, 0) is 16.0 Å². The van der Waals surface area contributed by atoms with E-state index in [1.54, 1.807) is 18.2 Å². The topological polar surface area (TPSA) is 69.6 Å². The third-order valence-electron chi connectivity index (χ3n) is 5.71. The number of nitrogens with zero attached hydrogens (tertiary/aromatic N) is 1. The van der Waals surface area contributed by atoms with Gasteiger partial charge < -0.3 is 10.4 Å². The largest absolute Gasteiger partial charge is 0.506 e. The zero-order valence-electron chi connectivity index (χ0n) is 19.6.